The van der Waals surface area contributed by atoms with Gasteiger partial charge in [-0.25, -0.2) is 4.98 Å². The summed E-state index contributed by atoms with van der Waals surface area (Å²) in [5.74, 6) is 2.95. The topological polar surface area (TPSA) is 47.0 Å². The molecular weight excluding hydrogens is 282 g/mol. The van der Waals surface area contributed by atoms with Gasteiger partial charge in [0.25, 0.3) is 0 Å². The number of benzene rings is 1. The van der Waals surface area contributed by atoms with Crippen molar-refractivity contribution in [3.8, 4) is 11.6 Å². The van der Waals surface area contributed by atoms with E-state index >= 15 is 0 Å². The fourth-order valence-electron chi connectivity index (χ4n) is 1.87. The Morgan fingerprint density at radius 1 is 1.14 bits per heavy atom. The molecule has 0 fully saturated rings. The first-order valence-electron chi connectivity index (χ1n) is 7.05. The fraction of sp³-hybridized carbons (Fsp3) is 0.375. The third-order valence-corrected chi connectivity index (χ3v) is 3.77. The van der Waals surface area contributed by atoms with E-state index in [9.17, 15) is 0 Å². The van der Waals surface area contributed by atoms with Crippen LogP contribution in [0.15, 0.2) is 29.2 Å². The van der Waals surface area contributed by atoms with E-state index in [1.165, 1.54) is 4.90 Å². The van der Waals surface area contributed by atoms with Crippen molar-refractivity contribution in [2.75, 3.05) is 18.1 Å². The van der Waals surface area contributed by atoms with Crippen molar-refractivity contribution in [1.29, 1.82) is 0 Å². The highest BCUT2D eigenvalue weighted by molar-refractivity contribution is 7.98. The van der Waals surface area contributed by atoms with Gasteiger partial charge in [-0.2, -0.15) is 4.98 Å². The lowest BCUT2D eigenvalue weighted by molar-refractivity contribution is 0.455. The van der Waals surface area contributed by atoms with E-state index in [1.807, 2.05) is 38.1 Å². The Balaban J connectivity index is 2.23. The van der Waals surface area contributed by atoms with E-state index in [2.05, 4.69) is 28.5 Å². The Morgan fingerprint density at radius 2 is 1.86 bits per heavy atom. The number of hydrogen-bond acceptors (Lipinski definition) is 5. The zero-order chi connectivity index (χ0) is 15.2. The number of aryl methyl sites for hydroxylation is 1. The van der Waals surface area contributed by atoms with Crippen LogP contribution >= 0.6 is 11.8 Å². The Kier molecular flexibility index (Phi) is 5.44. The molecule has 112 valence electrons. The molecule has 0 aliphatic heterocycles. The molecule has 0 atom stereocenters. The number of nitrogens with zero attached hydrogens (tertiary/aromatic N) is 2. The Labute approximate surface area is 130 Å². The number of ether oxygens (including phenoxy) is 1. The summed E-state index contributed by atoms with van der Waals surface area (Å²) in [7, 11) is 0. The molecule has 1 aromatic carbocycles. The largest absolute Gasteiger partial charge is 0.439 e. The average Bonchev–Trinajstić information content (AvgIpc) is 2.50. The molecule has 0 amide bonds. The Morgan fingerprint density at radius 3 is 2.48 bits per heavy atom. The monoisotopic (exact) mass is 303 g/mol. The standard InChI is InChI=1S/C16H21N3OS/c1-5-10-17-15-11(2)16(19-12(3)18-15)20-13-6-8-14(21-4)9-7-13/h6-9H,5,10H2,1-4H3,(H,17,18,19). The van der Waals surface area contributed by atoms with Crippen LogP contribution in [0, 0.1) is 13.8 Å². The Hall–Kier alpha value is -1.75. The van der Waals surface area contributed by atoms with Crippen molar-refractivity contribution >= 4 is 17.6 Å². The zero-order valence-corrected chi connectivity index (χ0v) is 13.8. The lowest BCUT2D eigenvalue weighted by Crippen LogP contribution is -2.07. The minimum Gasteiger partial charge on any atom is -0.439 e. The summed E-state index contributed by atoms with van der Waals surface area (Å²) < 4.78 is 5.91. The second-order valence-electron chi connectivity index (χ2n) is 4.75. The number of aromatic nitrogens is 2. The number of hydrogen-bond donors (Lipinski definition) is 1. The van der Waals surface area contributed by atoms with E-state index in [0.29, 0.717) is 11.7 Å². The van der Waals surface area contributed by atoms with Gasteiger partial charge in [0.2, 0.25) is 5.88 Å². The van der Waals surface area contributed by atoms with Gasteiger partial charge in [0.1, 0.15) is 17.4 Å². The molecular formula is C16H21N3OS. The average molecular weight is 303 g/mol. The minimum absolute atomic E-state index is 0.609. The quantitative estimate of drug-likeness (QED) is 0.800. The van der Waals surface area contributed by atoms with Crippen LogP contribution < -0.4 is 10.1 Å². The maximum atomic E-state index is 5.91. The molecule has 0 saturated carbocycles. The van der Waals surface area contributed by atoms with Gasteiger partial charge in [0, 0.05) is 11.4 Å². The van der Waals surface area contributed by atoms with Crippen LogP contribution in [0.3, 0.4) is 0 Å². The molecule has 4 nitrogen and oxygen atoms in total. The van der Waals surface area contributed by atoms with E-state index in [4.69, 9.17) is 4.74 Å². The van der Waals surface area contributed by atoms with Gasteiger partial charge in [0.15, 0.2) is 0 Å². The molecule has 2 rings (SSSR count). The van der Waals surface area contributed by atoms with Crippen molar-refractivity contribution < 1.29 is 4.74 Å². The highest BCUT2D eigenvalue weighted by atomic mass is 32.2. The van der Waals surface area contributed by atoms with Crippen molar-refractivity contribution in [3.63, 3.8) is 0 Å². The highest BCUT2D eigenvalue weighted by Gasteiger charge is 2.11. The first-order valence-corrected chi connectivity index (χ1v) is 8.27. The number of nitrogens with one attached hydrogen (secondary N) is 1. The molecule has 0 spiro atoms. The van der Waals surface area contributed by atoms with Crippen LogP contribution in [0.1, 0.15) is 24.7 Å². The maximum Gasteiger partial charge on any atom is 0.227 e. The second-order valence-corrected chi connectivity index (χ2v) is 5.63. The van der Waals surface area contributed by atoms with Gasteiger partial charge in [-0.3, -0.25) is 0 Å². The zero-order valence-electron chi connectivity index (χ0n) is 12.9. The third kappa shape index (κ3) is 4.11. The van der Waals surface area contributed by atoms with Crippen molar-refractivity contribution in [3.05, 3.63) is 35.7 Å². The van der Waals surface area contributed by atoms with Crippen molar-refractivity contribution in [2.24, 2.45) is 0 Å². The molecule has 1 N–H and O–H groups in total. The molecule has 2 aromatic rings. The summed E-state index contributed by atoms with van der Waals surface area (Å²) in [5.41, 5.74) is 0.933. The van der Waals surface area contributed by atoms with Crippen molar-refractivity contribution in [2.45, 2.75) is 32.1 Å². The molecule has 21 heavy (non-hydrogen) atoms. The van der Waals surface area contributed by atoms with Gasteiger partial charge in [-0.05, 0) is 50.8 Å². The summed E-state index contributed by atoms with van der Waals surface area (Å²) in [6.07, 6.45) is 3.11. The molecule has 0 aliphatic carbocycles. The predicted molar refractivity (Wildman–Crippen MR) is 88.6 cm³/mol. The molecule has 0 unspecified atom stereocenters. The van der Waals surface area contributed by atoms with Crippen LogP contribution in [0.4, 0.5) is 5.82 Å². The first kappa shape index (κ1) is 15.6. The van der Waals surface area contributed by atoms with Crippen molar-refractivity contribution in [1.82, 2.24) is 9.97 Å². The van der Waals surface area contributed by atoms with Gasteiger partial charge in [-0.15, -0.1) is 11.8 Å². The third-order valence-electron chi connectivity index (χ3n) is 3.03. The van der Waals surface area contributed by atoms with E-state index in [0.717, 1.165) is 30.1 Å². The molecule has 1 aromatic heterocycles. The van der Waals surface area contributed by atoms with Gasteiger partial charge in [0.05, 0.1) is 5.56 Å². The first-order chi connectivity index (χ1) is 10.1. The van der Waals surface area contributed by atoms with Gasteiger partial charge in [-0.1, -0.05) is 6.92 Å². The van der Waals surface area contributed by atoms with Gasteiger partial charge >= 0.3 is 0 Å². The van der Waals surface area contributed by atoms with Crippen LogP contribution in [0.25, 0.3) is 0 Å². The molecule has 0 aliphatic rings. The number of anilines is 1. The van der Waals surface area contributed by atoms with E-state index < -0.39 is 0 Å². The van der Waals surface area contributed by atoms with Gasteiger partial charge < -0.3 is 10.1 Å². The highest BCUT2D eigenvalue weighted by Crippen LogP contribution is 2.28. The lowest BCUT2D eigenvalue weighted by Gasteiger charge is -2.13. The van der Waals surface area contributed by atoms with Crippen LogP contribution in [-0.4, -0.2) is 22.8 Å². The second kappa shape index (κ2) is 7.31. The lowest BCUT2D eigenvalue weighted by atomic mass is 10.3. The normalized spacial score (nSPS) is 10.5. The molecule has 1 heterocycles. The van der Waals surface area contributed by atoms with Crippen LogP contribution in [0.2, 0.25) is 0 Å². The maximum absolute atomic E-state index is 5.91. The number of thioether (sulfide) groups is 1. The summed E-state index contributed by atoms with van der Waals surface area (Å²) in [4.78, 5) is 10.0. The molecule has 5 heteroatoms. The summed E-state index contributed by atoms with van der Waals surface area (Å²) in [6.45, 7) is 6.86. The molecule has 0 radical (unpaired) electrons. The summed E-state index contributed by atoms with van der Waals surface area (Å²) in [5, 5.41) is 3.31. The summed E-state index contributed by atoms with van der Waals surface area (Å²) >= 11 is 1.71. The number of rotatable bonds is 6. The van der Waals surface area contributed by atoms with E-state index in [-0.39, 0.29) is 0 Å². The fourth-order valence-corrected chi connectivity index (χ4v) is 2.28. The Bertz CT molecular complexity index is 599. The van der Waals surface area contributed by atoms with E-state index in [1.54, 1.807) is 11.8 Å². The SMILES string of the molecule is CCCNc1nc(C)nc(Oc2ccc(SC)cc2)c1C. The van der Waals surface area contributed by atoms with Crippen LogP contribution in [-0.2, 0) is 0 Å². The smallest absolute Gasteiger partial charge is 0.227 e. The molecule has 0 bridgehead atoms. The minimum atomic E-state index is 0.609. The van der Waals surface area contributed by atoms with Crippen LogP contribution in [0.5, 0.6) is 11.6 Å². The summed E-state index contributed by atoms with van der Waals surface area (Å²) in [6, 6.07) is 8.00. The molecule has 0 saturated heterocycles. The predicted octanol–water partition coefficient (Wildman–Crippen LogP) is 4.43.